The minimum absolute atomic E-state index is 0.265. The maximum atomic E-state index is 12.5. The van der Waals surface area contributed by atoms with Crippen molar-refractivity contribution in [2.24, 2.45) is 0 Å². The summed E-state index contributed by atoms with van der Waals surface area (Å²) in [6.45, 7) is 8.58. The second-order valence-electron chi connectivity index (χ2n) is 8.84. The Kier molecular flexibility index (Phi) is 8.56. The summed E-state index contributed by atoms with van der Waals surface area (Å²) in [7, 11) is 0. The fourth-order valence-electron chi connectivity index (χ4n) is 3.45. The average molecular weight is 481 g/mol. The number of hydrogen-bond donors (Lipinski definition) is 1. The van der Waals surface area contributed by atoms with Crippen LogP contribution >= 0.6 is 11.8 Å². The highest BCUT2D eigenvalue weighted by atomic mass is 32.2. The SMILES string of the molecule is CCCn1nc(Cc2ccc(C)cc2)cc1CCOC(=O)c1ccc(SC(C)(C)C(=O)O)cc1. The summed E-state index contributed by atoms with van der Waals surface area (Å²) in [5, 5.41) is 14.0. The third-order valence-corrected chi connectivity index (χ3v) is 6.62. The van der Waals surface area contributed by atoms with Gasteiger partial charge in [0.25, 0.3) is 0 Å². The molecule has 0 radical (unpaired) electrons. The van der Waals surface area contributed by atoms with Gasteiger partial charge in [0.05, 0.1) is 17.9 Å². The summed E-state index contributed by atoms with van der Waals surface area (Å²) in [6, 6.07) is 17.4. The molecule has 0 unspecified atom stereocenters. The Labute approximate surface area is 205 Å². The van der Waals surface area contributed by atoms with E-state index in [1.807, 2.05) is 4.68 Å². The number of carbonyl (C=O) groups excluding carboxylic acids is 1. The first-order valence-corrected chi connectivity index (χ1v) is 12.3. The number of thioether (sulfide) groups is 1. The van der Waals surface area contributed by atoms with Crippen molar-refractivity contribution in [2.75, 3.05) is 6.61 Å². The lowest BCUT2D eigenvalue weighted by Crippen LogP contribution is -2.26. The van der Waals surface area contributed by atoms with Crippen molar-refractivity contribution in [2.45, 2.75) is 63.1 Å². The first-order chi connectivity index (χ1) is 16.2. The minimum atomic E-state index is -0.943. The fourth-order valence-corrected chi connectivity index (χ4v) is 4.40. The summed E-state index contributed by atoms with van der Waals surface area (Å²) < 4.78 is 6.57. The van der Waals surface area contributed by atoms with E-state index in [0.717, 1.165) is 35.7 Å². The first-order valence-electron chi connectivity index (χ1n) is 11.5. The Morgan fingerprint density at radius 1 is 1.09 bits per heavy atom. The van der Waals surface area contributed by atoms with Gasteiger partial charge in [-0.25, -0.2) is 4.79 Å². The summed E-state index contributed by atoms with van der Waals surface area (Å²) in [5.41, 5.74) is 4.97. The maximum Gasteiger partial charge on any atom is 0.338 e. The molecule has 3 aromatic rings. The van der Waals surface area contributed by atoms with E-state index in [-0.39, 0.29) is 6.61 Å². The van der Waals surface area contributed by atoms with E-state index >= 15 is 0 Å². The van der Waals surface area contributed by atoms with Gasteiger partial charge in [-0.3, -0.25) is 9.48 Å². The molecule has 0 atom stereocenters. The number of rotatable bonds is 11. The molecule has 0 saturated heterocycles. The number of esters is 1. The number of aliphatic carboxylic acids is 1. The predicted molar refractivity (Wildman–Crippen MR) is 135 cm³/mol. The van der Waals surface area contributed by atoms with Crippen LogP contribution in [0.4, 0.5) is 0 Å². The molecule has 0 fully saturated rings. The standard InChI is InChI=1S/C27H32N2O4S/c1-5-15-29-23(18-22(28-29)17-20-8-6-19(2)7-9-20)14-16-33-25(30)21-10-12-24(13-11-21)34-27(3,4)26(31)32/h6-13,18H,5,14-17H2,1-4H3,(H,31,32). The molecule has 0 saturated carbocycles. The summed E-state index contributed by atoms with van der Waals surface area (Å²) in [5.74, 6) is -1.28. The van der Waals surface area contributed by atoms with E-state index < -0.39 is 16.7 Å². The van der Waals surface area contributed by atoms with Gasteiger partial charge in [-0.2, -0.15) is 5.10 Å². The first kappa shape index (κ1) is 25.6. The Morgan fingerprint density at radius 2 is 1.76 bits per heavy atom. The number of ether oxygens (including phenoxy) is 1. The highest BCUT2D eigenvalue weighted by Crippen LogP contribution is 2.32. The van der Waals surface area contributed by atoms with E-state index in [1.165, 1.54) is 22.9 Å². The van der Waals surface area contributed by atoms with Crippen LogP contribution in [0.2, 0.25) is 0 Å². The predicted octanol–water partition coefficient (Wildman–Crippen LogP) is 5.55. The zero-order valence-electron chi connectivity index (χ0n) is 20.2. The van der Waals surface area contributed by atoms with Crippen molar-refractivity contribution in [3.63, 3.8) is 0 Å². The third-order valence-electron chi connectivity index (χ3n) is 5.42. The molecule has 6 nitrogen and oxygen atoms in total. The zero-order chi connectivity index (χ0) is 24.7. The lowest BCUT2D eigenvalue weighted by atomic mass is 10.1. The van der Waals surface area contributed by atoms with Crippen LogP contribution in [0.15, 0.2) is 59.5 Å². The zero-order valence-corrected chi connectivity index (χ0v) is 21.0. The molecule has 0 aliphatic rings. The molecule has 0 amide bonds. The van der Waals surface area contributed by atoms with E-state index in [9.17, 15) is 14.7 Å². The van der Waals surface area contributed by atoms with Crippen LogP contribution in [0.5, 0.6) is 0 Å². The van der Waals surface area contributed by atoms with Gasteiger partial charge in [-0.15, -0.1) is 11.8 Å². The second kappa shape index (κ2) is 11.4. The Bertz CT molecular complexity index is 1120. The Morgan fingerprint density at radius 3 is 2.38 bits per heavy atom. The molecular formula is C27H32N2O4S. The van der Waals surface area contributed by atoms with Crippen LogP contribution in [-0.2, 0) is 28.9 Å². The van der Waals surface area contributed by atoms with E-state index in [0.29, 0.717) is 12.0 Å². The van der Waals surface area contributed by atoms with Gasteiger partial charge in [0.15, 0.2) is 0 Å². The largest absolute Gasteiger partial charge is 0.480 e. The second-order valence-corrected chi connectivity index (χ2v) is 10.5. The monoisotopic (exact) mass is 480 g/mol. The average Bonchev–Trinajstić information content (AvgIpc) is 3.16. The molecule has 34 heavy (non-hydrogen) atoms. The van der Waals surface area contributed by atoms with Crippen molar-refractivity contribution in [1.82, 2.24) is 9.78 Å². The molecule has 180 valence electrons. The molecular weight excluding hydrogens is 448 g/mol. The van der Waals surface area contributed by atoms with Crippen LogP contribution in [0.1, 0.15) is 60.1 Å². The lowest BCUT2D eigenvalue weighted by Gasteiger charge is -2.18. The summed E-state index contributed by atoms with van der Waals surface area (Å²) in [6.07, 6.45) is 2.34. The van der Waals surface area contributed by atoms with Gasteiger partial charge in [0.2, 0.25) is 0 Å². The van der Waals surface area contributed by atoms with Crippen LogP contribution in [0.25, 0.3) is 0 Å². The number of benzene rings is 2. The molecule has 0 aliphatic carbocycles. The molecule has 1 N–H and O–H groups in total. The molecule has 2 aromatic carbocycles. The van der Waals surface area contributed by atoms with Crippen LogP contribution in [-0.4, -0.2) is 38.2 Å². The normalized spacial score (nSPS) is 11.4. The van der Waals surface area contributed by atoms with Gasteiger partial charge in [0, 0.05) is 30.0 Å². The highest BCUT2D eigenvalue weighted by molar-refractivity contribution is 8.01. The fraction of sp³-hybridized carbons (Fsp3) is 0.370. The molecule has 0 aliphatic heterocycles. The highest BCUT2D eigenvalue weighted by Gasteiger charge is 2.28. The number of aryl methyl sites for hydroxylation is 2. The number of hydrogen-bond acceptors (Lipinski definition) is 5. The number of carboxylic acids is 1. The van der Waals surface area contributed by atoms with Crippen molar-refractivity contribution in [3.05, 3.63) is 82.7 Å². The number of aromatic nitrogens is 2. The molecule has 1 heterocycles. The molecule has 0 spiro atoms. The van der Waals surface area contributed by atoms with E-state index in [2.05, 4.69) is 44.2 Å². The quantitative estimate of drug-likeness (QED) is 0.286. The molecule has 0 bridgehead atoms. The Balaban J connectivity index is 1.57. The molecule has 3 rings (SSSR count). The van der Waals surface area contributed by atoms with Gasteiger partial charge < -0.3 is 9.84 Å². The number of carboxylic acid groups (broad SMARTS) is 1. The van der Waals surface area contributed by atoms with Crippen molar-refractivity contribution >= 4 is 23.7 Å². The Hall–Kier alpha value is -3.06. The van der Waals surface area contributed by atoms with E-state index in [1.54, 1.807) is 38.1 Å². The number of carbonyl (C=O) groups is 2. The minimum Gasteiger partial charge on any atom is -0.480 e. The van der Waals surface area contributed by atoms with Crippen molar-refractivity contribution in [3.8, 4) is 0 Å². The van der Waals surface area contributed by atoms with E-state index in [4.69, 9.17) is 9.84 Å². The van der Waals surface area contributed by atoms with Gasteiger partial charge >= 0.3 is 11.9 Å². The smallest absolute Gasteiger partial charge is 0.338 e. The van der Waals surface area contributed by atoms with Crippen molar-refractivity contribution in [1.29, 1.82) is 0 Å². The van der Waals surface area contributed by atoms with Crippen LogP contribution in [0, 0.1) is 6.92 Å². The molecule has 1 aromatic heterocycles. The summed E-state index contributed by atoms with van der Waals surface area (Å²) >= 11 is 1.24. The maximum absolute atomic E-state index is 12.5. The topological polar surface area (TPSA) is 81.4 Å². The third kappa shape index (κ3) is 6.97. The van der Waals surface area contributed by atoms with Gasteiger partial charge in [-0.05, 0) is 63.1 Å². The van der Waals surface area contributed by atoms with Crippen LogP contribution < -0.4 is 0 Å². The van der Waals surface area contributed by atoms with Gasteiger partial charge in [0.1, 0.15) is 4.75 Å². The molecule has 7 heteroatoms. The van der Waals surface area contributed by atoms with Crippen molar-refractivity contribution < 1.29 is 19.4 Å². The van der Waals surface area contributed by atoms with Gasteiger partial charge in [-0.1, -0.05) is 36.8 Å². The van der Waals surface area contributed by atoms with Crippen LogP contribution in [0.3, 0.4) is 0 Å². The number of nitrogens with zero attached hydrogens (tertiary/aromatic N) is 2. The summed E-state index contributed by atoms with van der Waals surface area (Å²) in [4.78, 5) is 24.6. The lowest BCUT2D eigenvalue weighted by molar-refractivity contribution is -0.138.